The predicted octanol–water partition coefficient (Wildman–Crippen LogP) is 1.91. The molecule has 0 aliphatic carbocycles. The van der Waals surface area contributed by atoms with Crippen molar-refractivity contribution in [2.45, 2.75) is 26.3 Å². The van der Waals surface area contributed by atoms with E-state index < -0.39 is 0 Å². The van der Waals surface area contributed by atoms with Gasteiger partial charge in [0.2, 0.25) is 0 Å². The number of hydrogen-bond donors (Lipinski definition) is 2. The van der Waals surface area contributed by atoms with Crippen LogP contribution in [-0.4, -0.2) is 16.6 Å². The molecule has 0 unspecified atom stereocenters. The lowest BCUT2D eigenvalue weighted by molar-refractivity contribution is 0.737. The fourth-order valence-electron chi connectivity index (χ4n) is 0.937. The van der Waals surface area contributed by atoms with Gasteiger partial charge in [0.25, 0.3) is 0 Å². The summed E-state index contributed by atoms with van der Waals surface area (Å²) in [6.45, 7) is 3.81. The maximum atomic E-state index is 5.09. The molecule has 5 heteroatoms. The van der Waals surface area contributed by atoms with Crippen molar-refractivity contribution in [2.24, 2.45) is 0 Å². The van der Waals surface area contributed by atoms with Crippen LogP contribution >= 0.6 is 23.6 Å². The van der Waals surface area contributed by atoms with Crippen LogP contribution in [0.1, 0.15) is 25.5 Å². The molecular formula is C9H15N3S2. The fourth-order valence-corrected chi connectivity index (χ4v) is 1.67. The van der Waals surface area contributed by atoms with Gasteiger partial charge >= 0.3 is 0 Å². The van der Waals surface area contributed by atoms with Gasteiger partial charge in [0.15, 0.2) is 5.11 Å². The Labute approximate surface area is 93.9 Å². The number of nitrogens with one attached hydrogen (secondary N) is 2. The van der Waals surface area contributed by atoms with Crippen LogP contribution in [0.15, 0.2) is 10.9 Å². The van der Waals surface area contributed by atoms with Crippen LogP contribution in [0.3, 0.4) is 0 Å². The summed E-state index contributed by atoms with van der Waals surface area (Å²) in [6, 6.07) is 0. The molecule has 0 bridgehead atoms. The van der Waals surface area contributed by atoms with Gasteiger partial charge in [0, 0.05) is 11.9 Å². The van der Waals surface area contributed by atoms with Gasteiger partial charge in [-0.2, -0.15) is 0 Å². The van der Waals surface area contributed by atoms with Crippen molar-refractivity contribution >= 4 is 28.7 Å². The highest BCUT2D eigenvalue weighted by Gasteiger charge is 1.96. The zero-order chi connectivity index (χ0) is 10.2. The van der Waals surface area contributed by atoms with Crippen molar-refractivity contribution in [3.8, 4) is 0 Å². The number of aromatic nitrogens is 1. The Balaban J connectivity index is 2.09. The van der Waals surface area contributed by atoms with E-state index in [2.05, 4.69) is 22.5 Å². The van der Waals surface area contributed by atoms with Crippen molar-refractivity contribution in [3.05, 3.63) is 16.6 Å². The van der Waals surface area contributed by atoms with E-state index in [1.807, 2.05) is 10.9 Å². The number of hydrogen-bond acceptors (Lipinski definition) is 3. The predicted molar refractivity (Wildman–Crippen MR) is 64.5 cm³/mol. The third-order valence-electron chi connectivity index (χ3n) is 1.73. The number of rotatable bonds is 5. The van der Waals surface area contributed by atoms with Crippen LogP contribution in [-0.2, 0) is 6.54 Å². The Kier molecular flexibility index (Phi) is 5.47. The molecule has 0 radical (unpaired) electrons. The van der Waals surface area contributed by atoms with Gasteiger partial charge in [-0.25, -0.2) is 4.98 Å². The Morgan fingerprint density at radius 2 is 2.43 bits per heavy atom. The second-order valence-corrected chi connectivity index (χ2v) is 4.07. The average Bonchev–Trinajstić information content (AvgIpc) is 2.68. The van der Waals surface area contributed by atoms with Gasteiger partial charge in [-0.15, -0.1) is 11.3 Å². The first-order valence-corrected chi connectivity index (χ1v) is 6.06. The second kappa shape index (κ2) is 6.73. The second-order valence-electron chi connectivity index (χ2n) is 2.94. The molecular weight excluding hydrogens is 214 g/mol. The smallest absolute Gasteiger partial charge is 0.166 e. The van der Waals surface area contributed by atoms with Crippen LogP contribution in [0, 0.1) is 0 Å². The highest BCUT2D eigenvalue weighted by Crippen LogP contribution is 1.99. The molecule has 1 aromatic heterocycles. The van der Waals surface area contributed by atoms with Crippen LogP contribution in [0.5, 0.6) is 0 Å². The maximum Gasteiger partial charge on any atom is 0.166 e. The molecule has 78 valence electrons. The summed E-state index contributed by atoms with van der Waals surface area (Å²) >= 11 is 6.69. The highest BCUT2D eigenvalue weighted by atomic mass is 32.1. The van der Waals surface area contributed by atoms with Crippen molar-refractivity contribution in [2.75, 3.05) is 6.54 Å². The molecule has 0 aliphatic rings. The molecule has 0 fully saturated rings. The maximum absolute atomic E-state index is 5.09. The summed E-state index contributed by atoms with van der Waals surface area (Å²) in [5.74, 6) is 0. The van der Waals surface area contributed by atoms with Crippen LogP contribution in [0.2, 0.25) is 0 Å². The molecule has 0 aromatic carbocycles. The van der Waals surface area contributed by atoms with E-state index in [9.17, 15) is 0 Å². The van der Waals surface area contributed by atoms with E-state index in [0.29, 0.717) is 11.7 Å². The molecule has 1 heterocycles. The molecule has 1 rings (SSSR count). The van der Waals surface area contributed by atoms with E-state index in [4.69, 9.17) is 12.2 Å². The Morgan fingerprint density at radius 3 is 3.07 bits per heavy atom. The molecule has 0 aliphatic heterocycles. The molecule has 0 atom stereocenters. The quantitative estimate of drug-likeness (QED) is 0.597. The molecule has 0 saturated carbocycles. The topological polar surface area (TPSA) is 37.0 Å². The summed E-state index contributed by atoms with van der Waals surface area (Å²) in [7, 11) is 0. The summed E-state index contributed by atoms with van der Waals surface area (Å²) in [6.07, 6.45) is 2.33. The standard InChI is InChI=1S/C9H15N3S2/c1-2-3-4-10-9(13)11-5-8-6-14-7-12-8/h6-7H,2-5H2,1H3,(H2,10,11,13). The zero-order valence-electron chi connectivity index (χ0n) is 8.25. The highest BCUT2D eigenvalue weighted by molar-refractivity contribution is 7.80. The number of nitrogens with zero attached hydrogens (tertiary/aromatic N) is 1. The minimum absolute atomic E-state index is 0.710. The first kappa shape index (κ1) is 11.4. The molecule has 2 N–H and O–H groups in total. The van der Waals surface area contributed by atoms with E-state index in [1.165, 1.54) is 6.42 Å². The summed E-state index contributed by atoms with van der Waals surface area (Å²) < 4.78 is 0. The summed E-state index contributed by atoms with van der Waals surface area (Å²) in [5.41, 5.74) is 2.86. The van der Waals surface area contributed by atoms with Crippen LogP contribution in [0.4, 0.5) is 0 Å². The lowest BCUT2D eigenvalue weighted by Crippen LogP contribution is -2.35. The molecule has 0 saturated heterocycles. The third kappa shape index (κ3) is 4.53. The number of unbranched alkanes of at least 4 members (excludes halogenated alkanes) is 1. The van der Waals surface area contributed by atoms with E-state index >= 15 is 0 Å². The summed E-state index contributed by atoms with van der Waals surface area (Å²) in [5, 5.41) is 8.98. The van der Waals surface area contributed by atoms with E-state index in [0.717, 1.165) is 18.7 Å². The minimum Gasteiger partial charge on any atom is -0.363 e. The monoisotopic (exact) mass is 229 g/mol. The van der Waals surface area contributed by atoms with Crippen molar-refractivity contribution in [1.82, 2.24) is 15.6 Å². The van der Waals surface area contributed by atoms with E-state index in [-0.39, 0.29) is 0 Å². The molecule has 14 heavy (non-hydrogen) atoms. The van der Waals surface area contributed by atoms with Gasteiger partial charge in [-0.05, 0) is 18.6 Å². The Morgan fingerprint density at radius 1 is 1.57 bits per heavy atom. The SMILES string of the molecule is CCCCNC(=S)NCc1cscn1. The van der Waals surface area contributed by atoms with Crippen LogP contribution < -0.4 is 10.6 Å². The first-order chi connectivity index (χ1) is 6.83. The third-order valence-corrected chi connectivity index (χ3v) is 2.65. The van der Waals surface area contributed by atoms with Crippen molar-refractivity contribution in [1.29, 1.82) is 0 Å². The lowest BCUT2D eigenvalue weighted by atomic mass is 10.3. The normalized spacial score (nSPS) is 9.79. The molecule has 0 spiro atoms. The largest absolute Gasteiger partial charge is 0.363 e. The van der Waals surface area contributed by atoms with Gasteiger partial charge in [0.05, 0.1) is 17.7 Å². The zero-order valence-corrected chi connectivity index (χ0v) is 9.88. The first-order valence-electron chi connectivity index (χ1n) is 4.71. The molecule has 1 aromatic rings. The average molecular weight is 229 g/mol. The van der Waals surface area contributed by atoms with Gasteiger partial charge in [-0.1, -0.05) is 13.3 Å². The van der Waals surface area contributed by atoms with Crippen LogP contribution in [0.25, 0.3) is 0 Å². The minimum atomic E-state index is 0.710. The molecule has 0 amide bonds. The summed E-state index contributed by atoms with van der Waals surface area (Å²) in [4.78, 5) is 4.15. The Bertz CT molecular complexity index is 259. The van der Waals surface area contributed by atoms with Gasteiger partial charge in [-0.3, -0.25) is 0 Å². The molecule has 3 nitrogen and oxygen atoms in total. The van der Waals surface area contributed by atoms with Crippen molar-refractivity contribution < 1.29 is 0 Å². The number of thiocarbonyl (C=S) groups is 1. The Hall–Kier alpha value is -0.680. The fraction of sp³-hybridized carbons (Fsp3) is 0.556. The van der Waals surface area contributed by atoms with Gasteiger partial charge < -0.3 is 10.6 Å². The number of thiazole rings is 1. The van der Waals surface area contributed by atoms with E-state index in [1.54, 1.807) is 11.3 Å². The van der Waals surface area contributed by atoms with Crippen molar-refractivity contribution in [3.63, 3.8) is 0 Å². The van der Waals surface area contributed by atoms with Gasteiger partial charge in [0.1, 0.15) is 0 Å². The lowest BCUT2D eigenvalue weighted by Gasteiger charge is -2.08.